The first kappa shape index (κ1) is 47.2. The molecule has 0 aliphatic carbocycles. The average Bonchev–Trinajstić information content (AvgIpc) is 4.02. The molecule has 4 aliphatic heterocycles. The van der Waals surface area contributed by atoms with E-state index in [0.29, 0.717) is 40.2 Å². The Morgan fingerprint density at radius 3 is 1.48 bits per heavy atom. The second-order valence-corrected chi connectivity index (χ2v) is 18.4. The third-order valence-electron chi connectivity index (χ3n) is 9.61. The van der Waals surface area contributed by atoms with Gasteiger partial charge in [0.1, 0.15) is 12.1 Å². The molecule has 2 aromatic carbocycles. The Labute approximate surface area is 363 Å². The van der Waals surface area contributed by atoms with E-state index in [1.54, 1.807) is 21.9 Å². The van der Waals surface area contributed by atoms with E-state index in [1.165, 1.54) is 42.7 Å². The molecule has 0 unspecified atom stereocenters. The van der Waals surface area contributed by atoms with Crippen LogP contribution in [0.25, 0.3) is 0 Å². The lowest BCUT2D eigenvalue weighted by Crippen LogP contribution is -2.42. The highest BCUT2D eigenvalue weighted by Gasteiger charge is 2.43. The van der Waals surface area contributed by atoms with Crippen LogP contribution >= 0.6 is 22.7 Å². The lowest BCUT2D eigenvalue weighted by Gasteiger charge is -2.31. The largest absolute Gasteiger partial charge is 0.326 e. The van der Waals surface area contributed by atoms with Crippen LogP contribution in [0.5, 0.6) is 0 Å². The zero-order valence-corrected chi connectivity index (χ0v) is 35.9. The lowest BCUT2D eigenvalue weighted by molar-refractivity contribution is -0.114. The minimum absolute atomic E-state index is 0.0592. The number of Topliss-reactive ketones (excluding diaryl/α,β-unsaturated/α-hetero) is 2. The normalized spacial score (nSPS) is 20.9. The highest BCUT2D eigenvalue weighted by atomic mass is 32.2. The zero-order valence-electron chi connectivity index (χ0n) is 32.6. The molecule has 0 spiro atoms. The van der Waals surface area contributed by atoms with Crippen molar-refractivity contribution in [1.29, 1.82) is 0 Å². The molecule has 8 rings (SSSR count). The van der Waals surface area contributed by atoms with Crippen LogP contribution < -0.4 is 25.9 Å². The fourth-order valence-corrected chi connectivity index (χ4v) is 9.24. The summed E-state index contributed by atoms with van der Waals surface area (Å²) in [6.45, 7) is 3.14. The summed E-state index contributed by atoms with van der Waals surface area (Å²) in [4.78, 5) is 45.8. The predicted molar refractivity (Wildman–Crippen MR) is 219 cm³/mol. The van der Waals surface area contributed by atoms with E-state index in [4.69, 9.17) is 10.9 Å². The molecule has 17 nitrogen and oxygen atoms in total. The number of hydrogen-bond donors (Lipinski definition) is 5. The summed E-state index contributed by atoms with van der Waals surface area (Å²) >= 11 is 2.56. The minimum atomic E-state index is -4.03. The number of hydrogen-bond acceptors (Lipinski definition) is 15. The van der Waals surface area contributed by atoms with Crippen LogP contribution in [0.4, 0.5) is 26.3 Å². The van der Waals surface area contributed by atoms with Crippen molar-refractivity contribution in [2.24, 2.45) is 31.1 Å². The number of carbonyl (C=O) groups excluding carboxylic acids is 2. The van der Waals surface area contributed by atoms with Crippen LogP contribution in [-0.4, -0.2) is 85.0 Å². The molecule has 2 fully saturated rings. The molecule has 2 aromatic heterocycles. The van der Waals surface area contributed by atoms with Crippen molar-refractivity contribution in [2.45, 2.75) is 50.9 Å². The van der Waals surface area contributed by atoms with Gasteiger partial charge >= 0.3 is 0 Å². The molecule has 0 radical (unpaired) electrons. The number of nitrogens with zero attached hydrogens (tertiary/aromatic N) is 6. The van der Waals surface area contributed by atoms with Crippen molar-refractivity contribution < 1.29 is 52.8 Å². The van der Waals surface area contributed by atoms with Crippen molar-refractivity contribution in [3.05, 3.63) is 126 Å². The maximum Gasteiger partial charge on any atom is 0.274 e. The number of thiazole rings is 2. The van der Waals surface area contributed by atoms with Gasteiger partial charge in [0.05, 0.1) is 0 Å². The molecular formula is C36H35F6N11O6S4. The van der Waals surface area contributed by atoms with Crippen LogP contribution in [0.1, 0.15) is 59.9 Å². The molecule has 0 amide bonds. The zero-order chi connectivity index (χ0) is 46.3. The van der Waals surface area contributed by atoms with Crippen LogP contribution in [0, 0.1) is 34.9 Å². The first-order valence-corrected chi connectivity index (χ1v) is 23.0. The van der Waals surface area contributed by atoms with E-state index in [1.807, 2.05) is 4.90 Å². The number of halogens is 6. The molecule has 0 bridgehead atoms. The monoisotopic (exact) mass is 959 g/mol. The number of nitrogens with one attached hydrogen (secondary N) is 1. The Kier molecular flexibility index (Phi) is 13.8. The number of carbonyl (C=O) groups is 2. The Hall–Kier alpha value is -5.26. The van der Waals surface area contributed by atoms with Crippen molar-refractivity contribution >= 4 is 66.3 Å². The second kappa shape index (κ2) is 18.5. The Morgan fingerprint density at radius 1 is 0.683 bits per heavy atom. The number of benzene rings is 2. The van der Waals surface area contributed by atoms with E-state index < -0.39 is 79.2 Å². The molecule has 4 atom stereocenters. The Balaban J connectivity index is 0.000000191. The van der Waals surface area contributed by atoms with Crippen LogP contribution in [0.2, 0.25) is 0 Å². The molecule has 2 saturated heterocycles. The Bertz CT molecular complexity index is 2820. The molecule has 6 heterocycles. The van der Waals surface area contributed by atoms with Crippen molar-refractivity contribution in [3.63, 3.8) is 0 Å². The number of ketones is 2. The maximum absolute atomic E-state index is 14.6. The average molecular weight is 960 g/mol. The van der Waals surface area contributed by atoms with Crippen molar-refractivity contribution in [1.82, 2.24) is 24.5 Å². The van der Waals surface area contributed by atoms with Gasteiger partial charge in [0.25, 0.3) is 20.4 Å². The van der Waals surface area contributed by atoms with Gasteiger partial charge in [-0.15, -0.1) is 22.7 Å². The van der Waals surface area contributed by atoms with Gasteiger partial charge < -0.3 is 15.5 Å². The van der Waals surface area contributed by atoms with E-state index in [2.05, 4.69) is 35.0 Å². The summed E-state index contributed by atoms with van der Waals surface area (Å²) in [5, 5.41) is 17.8. The van der Waals surface area contributed by atoms with Gasteiger partial charge in [-0.05, 0) is 26.0 Å². The number of aliphatic imine (C=N–C) groups is 2. The standard InChI is InChI=1S/C18H16F3N5O3S2.C18H15F3N4OS.H4N2O2S/c1-8(27)13-12-6-9(25-31(22,28)29)7-26(12)17(18-23-4-5-30-18)24-16(13)10-2-3-11(19)15(21)14(10)20;1-8(26)13-12-6-9(22)7-25(12)17(18-23-4-5-27-18)24-16(13)10-2-3-11(19)15(21)14(10)20;1-5(2,3)4/h2-5,9,16,25H,6-7H2,1H3,(H2,22,28,29);2-5,9,16H,6-7,22H2,1H3;(H4,1,2,3,4)/t2*9-,16-;/m00./s1. The van der Waals surface area contributed by atoms with Gasteiger partial charge in [0.15, 0.2) is 68.2 Å². The minimum Gasteiger partial charge on any atom is -0.326 e. The quantitative estimate of drug-likeness (QED) is 0.127. The highest BCUT2D eigenvalue weighted by Crippen LogP contribution is 2.43. The first-order valence-electron chi connectivity index (χ1n) is 18.1. The highest BCUT2D eigenvalue weighted by molar-refractivity contribution is 7.87. The van der Waals surface area contributed by atoms with E-state index in [0.717, 1.165) is 24.3 Å². The fourth-order valence-electron chi connectivity index (χ4n) is 7.34. The van der Waals surface area contributed by atoms with Crippen LogP contribution in [0.15, 0.2) is 79.9 Å². The lowest BCUT2D eigenvalue weighted by atomic mass is 9.91. The summed E-state index contributed by atoms with van der Waals surface area (Å²) < 4.78 is 127. The molecular weight excluding hydrogens is 925 g/mol. The number of amidine groups is 2. The molecule has 336 valence electrons. The first-order chi connectivity index (χ1) is 29.4. The van der Waals surface area contributed by atoms with Gasteiger partial charge in [-0.3, -0.25) is 19.6 Å². The third-order valence-corrected chi connectivity index (χ3v) is 11.8. The molecule has 4 aromatic rings. The van der Waals surface area contributed by atoms with Gasteiger partial charge in [-0.2, -0.15) is 21.6 Å². The summed E-state index contributed by atoms with van der Waals surface area (Å²) in [6.07, 6.45) is 3.60. The smallest absolute Gasteiger partial charge is 0.274 e. The number of fused-ring (bicyclic) bond motifs is 2. The SMILES string of the molecule is CC(=O)C1=C2C[C@H](N)CN2C(c2nccs2)=N[C@H]1c1ccc(F)c(F)c1F.CC(=O)C1=C2C[C@H](NS(N)(=O)=O)CN2C(c2nccs2)=N[C@H]1c1ccc(F)c(F)c1F.NS(N)(=O)=O. The summed E-state index contributed by atoms with van der Waals surface area (Å²) in [7, 11) is -7.70. The fraction of sp³-hybridized carbons (Fsp3) is 0.278. The second-order valence-electron chi connectivity index (χ2n) is 14.1. The molecule has 0 saturated carbocycles. The molecule has 27 heteroatoms. The summed E-state index contributed by atoms with van der Waals surface area (Å²) in [5.74, 6) is -8.77. The number of aromatic nitrogens is 2. The van der Waals surface area contributed by atoms with E-state index >= 15 is 0 Å². The van der Waals surface area contributed by atoms with E-state index in [9.17, 15) is 52.8 Å². The van der Waals surface area contributed by atoms with Gasteiger partial charge in [0, 0.05) is 94.8 Å². The number of nitrogens with two attached hydrogens (primary N) is 4. The summed E-state index contributed by atoms with van der Waals surface area (Å²) in [6, 6.07) is 0.498. The number of rotatable bonds is 8. The predicted octanol–water partition coefficient (Wildman–Crippen LogP) is 2.86. The van der Waals surface area contributed by atoms with Gasteiger partial charge in [-0.1, -0.05) is 12.1 Å². The van der Waals surface area contributed by atoms with Crippen molar-refractivity contribution in [3.8, 4) is 0 Å². The van der Waals surface area contributed by atoms with E-state index in [-0.39, 0.29) is 52.9 Å². The molecule has 4 aliphatic rings. The molecule has 63 heavy (non-hydrogen) atoms. The topological polar surface area (TPSA) is 276 Å². The molecule has 9 N–H and O–H groups in total. The maximum atomic E-state index is 14.6. The summed E-state index contributed by atoms with van der Waals surface area (Å²) in [5.41, 5.74) is 6.91. The van der Waals surface area contributed by atoms with Gasteiger partial charge in [0.2, 0.25) is 0 Å². The van der Waals surface area contributed by atoms with Crippen molar-refractivity contribution in [2.75, 3.05) is 13.1 Å². The third kappa shape index (κ3) is 10.4. The van der Waals surface area contributed by atoms with Crippen LogP contribution in [-0.2, 0) is 30.0 Å². The van der Waals surface area contributed by atoms with Crippen LogP contribution in [0.3, 0.4) is 0 Å². The van der Waals surface area contributed by atoms with Gasteiger partial charge in [-0.25, -0.2) is 51.7 Å². The Morgan fingerprint density at radius 2 is 1.10 bits per heavy atom.